The molecule has 0 aliphatic carbocycles. The van der Waals surface area contributed by atoms with Crippen molar-refractivity contribution in [3.05, 3.63) is 70.7 Å². The van der Waals surface area contributed by atoms with Crippen LogP contribution < -0.4 is 0 Å². The molecule has 0 saturated carbocycles. The zero-order chi connectivity index (χ0) is 17.4. The molecule has 0 fully saturated rings. The van der Waals surface area contributed by atoms with E-state index < -0.39 is 11.6 Å². The van der Waals surface area contributed by atoms with Crippen LogP contribution in [0.1, 0.15) is 22.4 Å². The van der Waals surface area contributed by atoms with Crippen LogP contribution in [-0.2, 0) is 26.5 Å². The van der Waals surface area contributed by atoms with E-state index in [1.165, 1.54) is 12.1 Å². The molecule has 3 aromatic rings. The average molecular weight is 336 g/mol. The third kappa shape index (κ3) is 2.13. The van der Waals surface area contributed by atoms with Crippen molar-refractivity contribution in [3.8, 4) is 6.07 Å². The van der Waals surface area contributed by atoms with E-state index in [2.05, 4.69) is 11.1 Å². The van der Waals surface area contributed by atoms with Crippen molar-refractivity contribution < 1.29 is 18.7 Å². The van der Waals surface area contributed by atoms with Gasteiger partial charge in [-0.15, -0.1) is 0 Å². The van der Waals surface area contributed by atoms with Crippen LogP contribution in [0.25, 0.3) is 10.9 Å². The molecule has 1 aromatic heterocycles. The normalized spacial score (nSPS) is 19.2. The second-order valence-corrected chi connectivity index (χ2v) is 5.73. The molecule has 5 nitrogen and oxygen atoms in total. The van der Waals surface area contributed by atoms with E-state index >= 15 is 0 Å². The number of carbonyl (C=O) groups excluding carboxylic acids is 1. The van der Waals surface area contributed by atoms with Crippen LogP contribution in [0.2, 0.25) is 0 Å². The molecule has 2 aromatic carbocycles. The van der Waals surface area contributed by atoms with Crippen molar-refractivity contribution in [1.82, 2.24) is 4.98 Å². The molecular weight excluding hydrogens is 323 g/mol. The summed E-state index contributed by atoms with van der Waals surface area (Å²) in [6.07, 6.45) is 0.476. The van der Waals surface area contributed by atoms with E-state index in [1.807, 2.05) is 6.07 Å². The van der Waals surface area contributed by atoms with Crippen molar-refractivity contribution in [3.63, 3.8) is 0 Å². The van der Waals surface area contributed by atoms with Crippen LogP contribution in [0.4, 0.5) is 4.39 Å². The van der Waals surface area contributed by atoms with E-state index in [0.717, 1.165) is 5.56 Å². The summed E-state index contributed by atoms with van der Waals surface area (Å²) in [5.74, 6) is -1.97. The molecule has 2 heterocycles. The molecule has 0 saturated heterocycles. The fraction of sp³-hybridized carbons (Fsp3) is 0.158. The third-order valence-corrected chi connectivity index (χ3v) is 4.48. The SMILES string of the molecule is N#Cc1ccc(F)c2[nH]c3c(c12)CCOC3(OC=O)c1ccccc1. The monoisotopic (exact) mass is 336 g/mol. The van der Waals surface area contributed by atoms with Crippen molar-refractivity contribution in [2.45, 2.75) is 12.2 Å². The van der Waals surface area contributed by atoms with Gasteiger partial charge in [-0.25, -0.2) is 4.39 Å². The molecule has 25 heavy (non-hydrogen) atoms. The first-order valence-corrected chi connectivity index (χ1v) is 7.76. The zero-order valence-corrected chi connectivity index (χ0v) is 13.1. The number of fused-ring (bicyclic) bond motifs is 3. The molecule has 124 valence electrons. The molecule has 0 bridgehead atoms. The molecule has 0 amide bonds. The van der Waals surface area contributed by atoms with Crippen molar-refractivity contribution in [1.29, 1.82) is 5.26 Å². The maximum absolute atomic E-state index is 14.3. The van der Waals surface area contributed by atoms with Gasteiger partial charge in [-0.2, -0.15) is 5.26 Å². The number of hydrogen-bond donors (Lipinski definition) is 1. The van der Waals surface area contributed by atoms with Gasteiger partial charge in [-0.05, 0) is 24.1 Å². The minimum Gasteiger partial charge on any atom is -0.425 e. The number of hydrogen-bond acceptors (Lipinski definition) is 4. The summed E-state index contributed by atoms with van der Waals surface area (Å²) in [6.45, 7) is 0.583. The highest BCUT2D eigenvalue weighted by Crippen LogP contribution is 2.43. The Bertz CT molecular complexity index is 1010. The third-order valence-electron chi connectivity index (χ3n) is 4.48. The summed E-state index contributed by atoms with van der Waals surface area (Å²) >= 11 is 0. The summed E-state index contributed by atoms with van der Waals surface area (Å²) in [6, 6.07) is 13.8. The highest BCUT2D eigenvalue weighted by Gasteiger charge is 2.45. The lowest BCUT2D eigenvalue weighted by molar-refractivity contribution is -0.212. The lowest BCUT2D eigenvalue weighted by Crippen LogP contribution is -2.39. The summed E-state index contributed by atoms with van der Waals surface area (Å²) in [7, 11) is 0. The van der Waals surface area contributed by atoms with Gasteiger partial charge < -0.3 is 14.5 Å². The van der Waals surface area contributed by atoms with Crippen LogP contribution in [0.5, 0.6) is 0 Å². The van der Waals surface area contributed by atoms with Gasteiger partial charge in [0.15, 0.2) is 0 Å². The number of carbonyl (C=O) groups is 1. The smallest absolute Gasteiger partial charge is 0.296 e. The lowest BCUT2D eigenvalue weighted by atomic mass is 9.93. The predicted octanol–water partition coefficient (Wildman–Crippen LogP) is 3.13. The summed E-state index contributed by atoms with van der Waals surface area (Å²) < 4.78 is 25.6. The fourth-order valence-corrected chi connectivity index (χ4v) is 3.45. The topological polar surface area (TPSA) is 75.1 Å². The molecule has 0 radical (unpaired) electrons. The van der Waals surface area contributed by atoms with Crippen LogP contribution in [0.3, 0.4) is 0 Å². The molecule has 1 unspecified atom stereocenters. The second-order valence-electron chi connectivity index (χ2n) is 5.73. The summed E-state index contributed by atoms with van der Waals surface area (Å²) in [5.41, 5.74) is 2.35. The molecule has 1 N–H and O–H groups in total. The Balaban J connectivity index is 2.08. The summed E-state index contributed by atoms with van der Waals surface area (Å²) in [5, 5.41) is 9.90. The number of aromatic nitrogens is 1. The maximum Gasteiger partial charge on any atom is 0.296 e. The van der Waals surface area contributed by atoms with E-state index in [1.54, 1.807) is 24.3 Å². The van der Waals surface area contributed by atoms with Crippen molar-refractivity contribution >= 4 is 17.4 Å². The van der Waals surface area contributed by atoms with Crippen LogP contribution in [0.15, 0.2) is 42.5 Å². The van der Waals surface area contributed by atoms with E-state index in [4.69, 9.17) is 9.47 Å². The van der Waals surface area contributed by atoms with Gasteiger partial charge in [0.25, 0.3) is 12.3 Å². The standard InChI is InChI=1S/C19H13FN2O3/c20-15-7-6-12(10-21)16-14-8-9-24-19(25-11-23,18(14)22-17(15)16)13-4-2-1-3-5-13/h1-7,11,22H,8-9H2. The quantitative estimate of drug-likeness (QED) is 0.746. The first kappa shape index (κ1) is 15.4. The lowest BCUT2D eigenvalue weighted by Gasteiger charge is -2.35. The number of benzene rings is 2. The number of aromatic amines is 1. The molecule has 1 aliphatic heterocycles. The van der Waals surface area contributed by atoms with Crippen LogP contribution >= 0.6 is 0 Å². The molecule has 0 spiro atoms. The average Bonchev–Trinajstić information content (AvgIpc) is 3.05. The number of nitrogens with zero attached hydrogens (tertiary/aromatic N) is 1. The Morgan fingerprint density at radius 2 is 2.08 bits per heavy atom. The Hall–Kier alpha value is -3.17. The van der Waals surface area contributed by atoms with Crippen molar-refractivity contribution in [2.24, 2.45) is 0 Å². The molecule has 4 rings (SSSR count). The number of nitriles is 1. The van der Waals surface area contributed by atoms with E-state index in [9.17, 15) is 14.4 Å². The maximum atomic E-state index is 14.3. The summed E-state index contributed by atoms with van der Waals surface area (Å²) in [4.78, 5) is 14.2. The minimum absolute atomic E-state index is 0.212. The van der Waals surface area contributed by atoms with Crippen LogP contribution in [0, 0.1) is 17.1 Å². The first-order chi connectivity index (χ1) is 12.2. The fourth-order valence-electron chi connectivity index (χ4n) is 3.45. The highest BCUT2D eigenvalue weighted by molar-refractivity contribution is 5.91. The van der Waals surface area contributed by atoms with Crippen molar-refractivity contribution in [2.75, 3.05) is 6.61 Å². The van der Waals surface area contributed by atoms with Gasteiger partial charge in [0.05, 0.1) is 29.5 Å². The second kappa shape index (κ2) is 5.72. The number of rotatable bonds is 3. The number of halogens is 1. The number of H-pyrrole nitrogens is 1. The van der Waals surface area contributed by atoms with Gasteiger partial charge in [0.2, 0.25) is 0 Å². The molecule has 1 aliphatic rings. The van der Waals surface area contributed by atoms with E-state index in [0.29, 0.717) is 35.1 Å². The van der Waals surface area contributed by atoms with E-state index in [-0.39, 0.29) is 12.1 Å². The van der Waals surface area contributed by atoms with Gasteiger partial charge in [-0.3, -0.25) is 4.79 Å². The number of nitrogens with one attached hydrogen (secondary N) is 1. The van der Waals surface area contributed by atoms with Gasteiger partial charge in [0, 0.05) is 10.9 Å². The minimum atomic E-state index is -1.49. The molecular formula is C19H13FN2O3. The highest BCUT2D eigenvalue weighted by atomic mass is 19.1. The predicted molar refractivity (Wildman–Crippen MR) is 87.0 cm³/mol. The Morgan fingerprint density at radius 3 is 2.80 bits per heavy atom. The zero-order valence-electron chi connectivity index (χ0n) is 13.1. The van der Waals surface area contributed by atoms with Crippen LogP contribution in [-0.4, -0.2) is 18.1 Å². The van der Waals surface area contributed by atoms with Gasteiger partial charge in [-0.1, -0.05) is 30.3 Å². The first-order valence-electron chi connectivity index (χ1n) is 7.76. The molecule has 6 heteroatoms. The molecule has 1 atom stereocenters. The Morgan fingerprint density at radius 1 is 1.28 bits per heavy atom. The Labute approximate surface area is 142 Å². The largest absolute Gasteiger partial charge is 0.425 e. The number of ether oxygens (including phenoxy) is 2. The van der Waals surface area contributed by atoms with Gasteiger partial charge in [0.1, 0.15) is 5.82 Å². The Kier molecular flexibility index (Phi) is 3.52. The van der Waals surface area contributed by atoms with Gasteiger partial charge >= 0.3 is 0 Å².